The zero-order valence-electron chi connectivity index (χ0n) is 12.0. The molecule has 0 unspecified atom stereocenters. The lowest BCUT2D eigenvalue weighted by Gasteiger charge is -2.49. The van der Waals surface area contributed by atoms with Crippen molar-refractivity contribution in [3.05, 3.63) is 17.3 Å². The summed E-state index contributed by atoms with van der Waals surface area (Å²) in [5.41, 5.74) is -1.02. The molecule has 1 saturated heterocycles. The molecule has 1 aromatic heterocycles. The minimum Gasteiger partial charge on any atom is -0.481 e. The number of carbonyl (C=O) groups is 1. The number of sulfonamides is 1. The van der Waals surface area contributed by atoms with E-state index in [4.69, 9.17) is 0 Å². The van der Waals surface area contributed by atoms with E-state index in [1.807, 2.05) is 0 Å². The van der Waals surface area contributed by atoms with Gasteiger partial charge in [0.1, 0.15) is 0 Å². The lowest BCUT2D eigenvalue weighted by atomic mass is 9.66. The number of carboxylic acids is 1. The first-order valence-corrected chi connectivity index (χ1v) is 9.70. The third kappa shape index (κ3) is 2.28. The predicted octanol–water partition coefficient (Wildman–Crippen LogP) is 2.69. The zero-order chi connectivity index (χ0) is 16.0. The summed E-state index contributed by atoms with van der Waals surface area (Å²) in [4.78, 5) is 11.8. The van der Waals surface area contributed by atoms with E-state index in [9.17, 15) is 22.7 Å². The van der Waals surface area contributed by atoms with Crippen LogP contribution in [-0.4, -0.2) is 36.4 Å². The van der Waals surface area contributed by atoms with Crippen LogP contribution in [-0.2, 0) is 14.8 Å². The Morgan fingerprint density at radius 1 is 1.36 bits per heavy atom. The van der Waals surface area contributed by atoms with Gasteiger partial charge in [0.05, 0.1) is 5.41 Å². The summed E-state index contributed by atoms with van der Waals surface area (Å²) >= 11 is 0.845. The fourth-order valence-corrected chi connectivity index (χ4v) is 6.82. The average Bonchev–Trinajstić information content (AvgIpc) is 2.93. The number of aliphatic carboxylic acids is 1. The number of fused-ring (bicyclic) bond motifs is 1. The van der Waals surface area contributed by atoms with Gasteiger partial charge in [-0.1, -0.05) is 12.8 Å². The van der Waals surface area contributed by atoms with Crippen molar-refractivity contribution >= 4 is 27.3 Å². The molecule has 1 aliphatic carbocycles. The minimum absolute atomic E-state index is 0.263. The molecular weight excluding hydrogens is 329 g/mol. The van der Waals surface area contributed by atoms with Crippen molar-refractivity contribution in [3.63, 3.8) is 0 Å². The first-order valence-electron chi connectivity index (χ1n) is 7.38. The van der Waals surface area contributed by atoms with E-state index in [0.29, 0.717) is 25.7 Å². The Balaban J connectivity index is 2.04. The highest BCUT2D eigenvalue weighted by atomic mass is 32.2. The van der Waals surface area contributed by atoms with Crippen LogP contribution in [0.1, 0.15) is 38.5 Å². The van der Waals surface area contributed by atoms with Gasteiger partial charge >= 0.3 is 5.97 Å². The van der Waals surface area contributed by atoms with Gasteiger partial charge in [0, 0.05) is 12.6 Å². The Kier molecular flexibility index (Phi) is 4.03. The molecule has 0 aromatic carbocycles. The first kappa shape index (κ1) is 15.9. The van der Waals surface area contributed by atoms with Crippen LogP contribution >= 0.6 is 11.3 Å². The molecular formula is C14H18FNO4S2. The summed E-state index contributed by atoms with van der Waals surface area (Å²) in [7, 11) is -3.98. The van der Waals surface area contributed by atoms with Crippen LogP contribution in [0.2, 0.25) is 0 Å². The Morgan fingerprint density at radius 2 is 2.09 bits per heavy atom. The Bertz CT molecular complexity index is 683. The first-order chi connectivity index (χ1) is 10.4. The van der Waals surface area contributed by atoms with Crippen LogP contribution in [0, 0.1) is 11.2 Å². The molecule has 1 saturated carbocycles. The second-order valence-electron chi connectivity index (χ2n) is 6.00. The summed E-state index contributed by atoms with van der Waals surface area (Å²) in [5.74, 6) is -1.68. The molecule has 1 N–H and O–H groups in total. The maximum absolute atomic E-state index is 13.8. The Labute approximate surface area is 132 Å². The van der Waals surface area contributed by atoms with Gasteiger partial charge in [-0.25, -0.2) is 12.8 Å². The van der Waals surface area contributed by atoms with Crippen molar-refractivity contribution in [1.82, 2.24) is 4.31 Å². The van der Waals surface area contributed by atoms with Crippen molar-refractivity contribution in [3.8, 4) is 0 Å². The summed E-state index contributed by atoms with van der Waals surface area (Å²) in [6, 6.07) is 0.561. The van der Waals surface area contributed by atoms with Gasteiger partial charge in [-0.15, -0.1) is 11.3 Å². The third-order valence-corrected chi connectivity index (χ3v) is 8.21. The van der Waals surface area contributed by atoms with Crippen molar-refractivity contribution in [2.24, 2.45) is 5.41 Å². The number of piperidine rings is 1. The van der Waals surface area contributed by atoms with E-state index >= 15 is 0 Å². The Hall–Kier alpha value is -0.990. The third-order valence-electron chi connectivity index (χ3n) is 4.89. The summed E-state index contributed by atoms with van der Waals surface area (Å²) in [6.07, 6.45) is 3.61. The number of nitrogens with zero attached hydrogens (tertiary/aromatic N) is 1. The molecule has 8 heteroatoms. The summed E-state index contributed by atoms with van der Waals surface area (Å²) in [5, 5.41) is 11.1. The number of hydrogen-bond acceptors (Lipinski definition) is 4. The van der Waals surface area contributed by atoms with Gasteiger partial charge in [-0.2, -0.15) is 4.31 Å². The van der Waals surface area contributed by atoms with Crippen LogP contribution in [0.25, 0.3) is 0 Å². The van der Waals surface area contributed by atoms with Crippen molar-refractivity contribution in [1.29, 1.82) is 0 Å². The fourth-order valence-electron chi connectivity index (χ4n) is 3.85. The second kappa shape index (κ2) is 5.58. The molecule has 2 heterocycles. The average molecular weight is 347 g/mol. The quantitative estimate of drug-likeness (QED) is 0.912. The maximum Gasteiger partial charge on any atom is 0.311 e. The molecule has 1 aromatic rings. The van der Waals surface area contributed by atoms with Gasteiger partial charge in [-0.05, 0) is 37.1 Å². The van der Waals surface area contributed by atoms with Gasteiger partial charge in [0.25, 0.3) is 10.0 Å². The molecule has 2 atom stereocenters. The van der Waals surface area contributed by atoms with E-state index in [1.54, 1.807) is 0 Å². The fraction of sp³-hybridized carbons (Fsp3) is 0.643. The number of rotatable bonds is 3. The molecule has 0 bridgehead atoms. The van der Waals surface area contributed by atoms with Crippen LogP contribution in [0.3, 0.4) is 0 Å². The predicted molar refractivity (Wildman–Crippen MR) is 79.7 cm³/mol. The molecule has 122 valence electrons. The summed E-state index contributed by atoms with van der Waals surface area (Å²) in [6.45, 7) is 0.263. The molecule has 3 rings (SSSR count). The van der Waals surface area contributed by atoms with Crippen molar-refractivity contribution in [2.75, 3.05) is 6.54 Å². The highest BCUT2D eigenvalue weighted by Crippen LogP contribution is 2.48. The lowest BCUT2D eigenvalue weighted by Crippen LogP contribution is -2.58. The SMILES string of the molecule is O=C(O)[C@]12CCCC[C@@H]1N(S(=O)(=O)c1sccc1F)CCC2. The molecule has 0 radical (unpaired) electrons. The van der Waals surface area contributed by atoms with Crippen molar-refractivity contribution < 1.29 is 22.7 Å². The van der Waals surface area contributed by atoms with E-state index < -0.39 is 33.3 Å². The number of thiophene rings is 1. The molecule has 2 fully saturated rings. The summed E-state index contributed by atoms with van der Waals surface area (Å²) < 4.78 is 40.3. The van der Waals surface area contributed by atoms with Crippen LogP contribution in [0.5, 0.6) is 0 Å². The van der Waals surface area contributed by atoms with Gasteiger partial charge < -0.3 is 5.11 Å². The highest BCUT2D eigenvalue weighted by molar-refractivity contribution is 7.91. The van der Waals surface area contributed by atoms with E-state index in [2.05, 4.69) is 0 Å². The van der Waals surface area contributed by atoms with E-state index in [-0.39, 0.29) is 10.8 Å². The van der Waals surface area contributed by atoms with Gasteiger partial charge in [-0.3, -0.25) is 4.79 Å². The number of halogens is 1. The number of carboxylic acid groups (broad SMARTS) is 1. The Morgan fingerprint density at radius 3 is 2.73 bits per heavy atom. The standard InChI is InChI=1S/C14H18FNO4S2/c15-10-5-9-21-12(10)22(19,20)16-8-3-7-14(13(17)18)6-2-1-4-11(14)16/h5,9,11H,1-4,6-8H2,(H,17,18)/t11-,14-/m0/s1. The van der Waals surface area contributed by atoms with Gasteiger partial charge in [0.2, 0.25) is 0 Å². The van der Waals surface area contributed by atoms with Crippen LogP contribution < -0.4 is 0 Å². The second-order valence-corrected chi connectivity index (χ2v) is 9.00. The van der Waals surface area contributed by atoms with Gasteiger partial charge in [0.15, 0.2) is 10.0 Å². The molecule has 0 amide bonds. The van der Waals surface area contributed by atoms with Crippen molar-refractivity contribution in [2.45, 2.75) is 48.8 Å². The van der Waals surface area contributed by atoms with E-state index in [0.717, 1.165) is 30.2 Å². The minimum atomic E-state index is -3.98. The van der Waals surface area contributed by atoms with Crippen LogP contribution in [0.4, 0.5) is 4.39 Å². The largest absolute Gasteiger partial charge is 0.481 e. The smallest absolute Gasteiger partial charge is 0.311 e. The maximum atomic E-state index is 13.8. The molecule has 5 nitrogen and oxygen atoms in total. The molecule has 2 aliphatic rings. The molecule has 22 heavy (non-hydrogen) atoms. The number of hydrogen-bond donors (Lipinski definition) is 1. The molecule has 0 spiro atoms. The monoisotopic (exact) mass is 347 g/mol. The van der Waals surface area contributed by atoms with E-state index in [1.165, 1.54) is 9.69 Å². The zero-order valence-corrected chi connectivity index (χ0v) is 13.6. The highest BCUT2D eigenvalue weighted by Gasteiger charge is 2.54. The normalized spacial score (nSPS) is 30.0. The lowest BCUT2D eigenvalue weighted by molar-refractivity contribution is -0.157. The molecule has 1 aliphatic heterocycles. The topological polar surface area (TPSA) is 74.7 Å². The van der Waals surface area contributed by atoms with Crippen LogP contribution in [0.15, 0.2) is 15.7 Å².